The molecule has 0 aliphatic carbocycles. The van der Waals surface area contributed by atoms with Gasteiger partial charge in [-0.15, -0.1) is 0 Å². The van der Waals surface area contributed by atoms with Gasteiger partial charge in [0.05, 0.1) is 19.3 Å². The molecule has 1 atom stereocenters. The third-order valence-electron chi connectivity index (χ3n) is 2.70. The van der Waals surface area contributed by atoms with Gasteiger partial charge in [0.2, 0.25) is 0 Å². The van der Waals surface area contributed by atoms with Crippen molar-refractivity contribution in [3.63, 3.8) is 0 Å². The lowest BCUT2D eigenvalue weighted by molar-refractivity contribution is 0.0311. The fraction of sp³-hybridized carbons (Fsp3) is 1.00. The van der Waals surface area contributed by atoms with Crippen LogP contribution < -0.4 is 0 Å². The van der Waals surface area contributed by atoms with Gasteiger partial charge in [0.1, 0.15) is 0 Å². The van der Waals surface area contributed by atoms with Gasteiger partial charge >= 0.3 is 0 Å². The van der Waals surface area contributed by atoms with Crippen LogP contribution in [-0.4, -0.2) is 50.5 Å². The third-order valence-corrected chi connectivity index (χ3v) is 2.70. The smallest absolute Gasteiger partial charge is 0.0625 e. The zero-order chi connectivity index (χ0) is 10.4. The van der Waals surface area contributed by atoms with Crippen LogP contribution in [0.4, 0.5) is 0 Å². The molecule has 14 heavy (non-hydrogen) atoms. The van der Waals surface area contributed by atoms with Crippen LogP contribution in [0.3, 0.4) is 0 Å². The SMILES string of the molecule is COCCN1CCC[C@H]1COC(C)C. The van der Waals surface area contributed by atoms with Crippen LogP contribution >= 0.6 is 0 Å². The number of hydrogen-bond donors (Lipinski definition) is 0. The quantitative estimate of drug-likeness (QED) is 0.650. The highest BCUT2D eigenvalue weighted by molar-refractivity contribution is 4.78. The average molecular weight is 201 g/mol. The first-order valence-corrected chi connectivity index (χ1v) is 5.58. The van der Waals surface area contributed by atoms with Crippen molar-refractivity contribution in [1.29, 1.82) is 0 Å². The molecule has 0 bridgehead atoms. The molecular weight excluding hydrogens is 178 g/mol. The summed E-state index contributed by atoms with van der Waals surface area (Å²) in [6, 6.07) is 0.618. The van der Waals surface area contributed by atoms with E-state index in [4.69, 9.17) is 9.47 Å². The molecule has 0 unspecified atom stereocenters. The van der Waals surface area contributed by atoms with Crippen molar-refractivity contribution < 1.29 is 9.47 Å². The van der Waals surface area contributed by atoms with Gasteiger partial charge in [-0.1, -0.05) is 0 Å². The Morgan fingerprint density at radius 2 is 2.21 bits per heavy atom. The Kier molecular flexibility index (Phi) is 5.45. The summed E-state index contributed by atoms with van der Waals surface area (Å²) in [6.45, 7) is 8.14. The van der Waals surface area contributed by atoms with Crippen molar-refractivity contribution in [3.8, 4) is 0 Å². The van der Waals surface area contributed by atoms with Gasteiger partial charge in [-0.05, 0) is 33.2 Å². The fourth-order valence-corrected chi connectivity index (χ4v) is 1.89. The average Bonchev–Trinajstić information content (AvgIpc) is 2.58. The Hall–Kier alpha value is -0.120. The lowest BCUT2D eigenvalue weighted by atomic mass is 10.2. The second-order valence-corrected chi connectivity index (χ2v) is 4.21. The van der Waals surface area contributed by atoms with Crippen LogP contribution in [0.2, 0.25) is 0 Å². The van der Waals surface area contributed by atoms with Crippen molar-refractivity contribution >= 4 is 0 Å². The van der Waals surface area contributed by atoms with E-state index in [-0.39, 0.29) is 0 Å². The van der Waals surface area contributed by atoms with Crippen LogP contribution in [0, 0.1) is 0 Å². The molecule has 0 N–H and O–H groups in total. The molecular formula is C11H23NO2. The Balaban J connectivity index is 2.21. The molecule has 1 rings (SSSR count). The summed E-state index contributed by atoms with van der Waals surface area (Å²) in [6.07, 6.45) is 2.92. The van der Waals surface area contributed by atoms with E-state index in [0.717, 1.165) is 19.8 Å². The highest BCUT2D eigenvalue weighted by Gasteiger charge is 2.24. The van der Waals surface area contributed by atoms with Gasteiger partial charge in [0.25, 0.3) is 0 Å². The largest absolute Gasteiger partial charge is 0.383 e. The molecule has 0 aromatic heterocycles. The fourth-order valence-electron chi connectivity index (χ4n) is 1.89. The molecule has 0 spiro atoms. The molecule has 0 saturated carbocycles. The number of nitrogens with zero attached hydrogens (tertiary/aromatic N) is 1. The van der Waals surface area contributed by atoms with Crippen molar-refractivity contribution in [1.82, 2.24) is 4.90 Å². The minimum atomic E-state index is 0.347. The highest BCUT2D eigenvalue weighted by Crippen LogP contribution is 2.17. The number of ether oxygens (including phenoxy) is 2. The molecule has 0 aromatic carbocycles. The van der Waals surface area contributed by atoms with E-state index in [2.05, 4.69) is 18.7 Å². The molecule has 1 aliphatic rings. The van der Waals surface area contributed by atoms with Crippen molar-refractivity contribution in [2.75, 3.05) is 33.4 Å². The van der Waals surface area contributed by atoms with Crippen LogP contribution in [-0.2, 0) is 9.47 Å². The predicted molar refractivity (Wildman–Crippen MR) is 57.6 cm³/mol. The van der Waals surface area contributed by atoms with Crippen molar-refractivity contribution in [3.05, 3.63) is 0 Å². The first-order valence-electron chi connectivity index (χ1n) is 5.58. The monoisotopic (exact) mass is 201 g/mol. The molecule has 1 heterocycles. The van der Waals surface area contributed by atoms with E-state index in [0.29, 0.717) is 12.1 Å². The van der Waals surface area contributed by atoms with Gasteiger partial charge in [0.15, 0.2) is 0 Å². The molecule has 3 heteroatoms. The lowest BCUT2D eigenvalue weighted by Crippen LogP contribution is -2.36. The first kappa shape index (κ1) is 12.0. The number of rotatable bonds is 6. The van der Waals surface area contributed by atoms with Gasteiger partial charge < -0.3 is 9.47 Å². The van der Waals surface area contributed by atoms with Crippen LogP contribution in [0.1, 0.15) is 26.7 Å². The zero-order valence-electron chi connectivity index (χ0n) is 9.66. The van der Waals surface area contributed by atoms with E-state index < -0.39 is 0 Å². The van der Waals surface area contributed by atoms with E-state index in [1.807, 2.05) is 0 Å². The van der Waals surface area contributed by atoms with Crippen LogP contribution in [0.15, 0.2) is 0 Å². The summed E-state index contributed by atoms with van der Waals surface area (Å²) in [4.78, 5) is 2.48. The normalized spacial score (nSPS) is 23.6. The molecule has 0 aromatic rings. The molecule has 3 nitrogen and oxygen atoms in total. The van der Waals surface area contributed by atoms with Gasteiger partial charge in [-0.3, -0.25) is 4.90 Å². The molecule has 0 amide bonds. The van der Waals surface area contributed by atoms with E-state index in [9.17, 15) is 0 Å². The standard InChI is InChI=1S/C11H23NO2/c1-10(2)14-9-11-5-4-6-12(11)7-8-13-3/h10-11H,4-9H2,1-3H3/t11-/m0/s1. The summed E-state index contributed by atoms with van der Waals surface area (Å²) >= 11 is 0. The molecule has 0 radical (unpaired) electrons. The Bertz CT molecular complexity index is 150. The zero-order valence-corrected chi connectivity index (χ0v) is 9.66. The molecule has 1 saturated heterocycles. The van der Waals surface area contributed by atoms with E-state index in [1.54, 1.807) is 7.11 Å². The Labute approximate surface area is 87.4 Å². The number of methoxy groups -OCH3 is 1. The maximum absolute atomic E-state index is 5.65. The predicted octanol–water partition coefficient (Wildman–Crippen LogP) is 1.52. The Morgan fingerprint density at radius 1 is 1.43 bits per heavy atom. The first-order chi connectivity index (χ1) is 6.74. The molecule has 1 aliphatic heterocycles. The third kappa shape index (κ3) is 3.95. The second kappa shape index (κ2) is 6.38. The van der Waals surface area contributed by atoms with Crippen LogP contribution in [0.5, 0.6) is 0 Å². The maximum atomic E-state index is 5.65. The number of likely N-dealkylation sites (tertiary alicyclic amines) is 1. The summed E-state index contributed by atoms with van der Waals surface area (Å²) < 4.78 is 10.7. The lowest BCUT2D eigenvalue weighted by Gasteiger charge is -2.24. The van der Waals surface area contributed by atoms with E-state index >= 15 is 0 Å². The summed E-state index contributed by atoms with van der Waals surface area (Å²) in [7, 11) is 1.76. The minimum absolute atomic E-state index is 0.347. The molecule has 84 valence electrons. The van der Waals surface area contributed by atoms with Gasteiger partial charge in [0, 0.05) is 19.7 Å². The maximum Gasteiger partial charge on any atom is 0.0625 e. The van der Waals surface area contributed by atoms with Gasteiger partial charge in [-0.25, -0.2) is 0 Å². The summed E-state index contributed by atoms with van der Waals surface area (Å²) in [5.41, 5.74) is 0. The minimum Gasteiger partial charge on any atom is -0.383 e. The summed E-state index contributed by atoms with van der Waals surface area (Å²) in [5, 5.41) is 0. The highest BCUT2D eigenvalue weighted by atomic mass is 16.5. The molecule has 1 fully saturated rings. The number of hydrogen-bond acceptors (Lipinski definition) is 3. The summed E-state index contributed by atoms with van der Waals surface area (Å²) in [5.74, 6) is 0. The second-order valence-electron chi connectivity index (χ2n) is 4.21. The van der Waals surface area contributed by atoms with E-state index in [1.165, 1.54) is 19.4 Å². The topological polar surface area (TPSA) is 21.7 Å². The Morgan fingerprint density at radius 3 is 2.86 bits per heavy atom. The van der Waals surface area contributed by atoms with Crippen molar-refractivity contribution in [2.24, 2.45) is 0 Å². The van der Waals surface area contributed by atoms with Crippen molar-refractivity contribution in [2.45, 2.75) is 38.8 Å². The van der Waals surface area contributed by atoms with Gasteiger partial charge in [-0.2, -0.15) is 0 Å². The van der Waals surface area contributed by atoms with Crippen LogP contribution in [0.25, 0.3) is 0 Å².